The molecule has 3 rings (SSSR count). The van der Waals surface area contributed by atoms with Crippen LogP contribution in [0, 0.1) is 0 Å². The average molecular weight is 162 g/mol. The summed E-state index contributed by atoms with van der Waals surface area (Å²) in [6.07, 6.45) is 3.45. The summed E-state index contributed by atoms with van der Waals surface area (Å²) < 4.78 is 0. The molecule has 3 aliphatic rings. The fraction of sp³-hybridized carbons (Fsp3) is 0.286. The Morgan fingerprint density at radius 2 is 2.58 bits per heavy atom. The third kappa shape index (κ3) is 0.561. The topological polar surface area (TPSA) is 57.1 Å². The number of fused-ring (bicyclic) bond motifs is 4. The second-order valence-corrected chi connectivity index (χ2v) is 2.97. The lowest BCUT2D eigenvalue weighted by Crippen LogP contribution is -2.28. The van der Waals surface area contributed by atoms with Gasteiger partial charge in [0.1, 0.15) is 5.70 Å². The van der Waals surface area contributed by atoms with Crippen molar-refractivity contribution in [3.63, 3.8) is 0 Å². The number of carbonyl (C=O) groups excluding carboxylic acids is 1. The van der Waals surface area contributed by atoms with Crippen LogP contribution in [0.2, 0.25) is 0 Å². The van der Waals surface area contributed by atoms with E-state index in [1.807, 2.05) is 0 Å². The van der Waals surface area contributed by atoms with Gasteiger partial charge in [-0.15, -0.1) is 5.11 Å². The van der Waals surface area contributed by atoms with Crippen molar-refractivity contribution in [2.45, 2.75) is 6.04 Å². The van der Waals surface area contributed by atoms with Crippen LogP contribution in [0.4, 0.5) is 4.79 Å². The van der Waals surface area contributed by atoms with Gasteiger partial charge in [-0.05, 0) is 0 Å². The predicted molar refractivity (Wildman–Crippen MR) is 40.0 cm³/mol. The highest BCUT2D eigenvalue weighted by Gasteiger charge is 2.37. The van der Waals surface area contributed by atoms with Crippen molar-refractivity contribution in [2.24, 2.45) is 10.2 Å². The number of azo groups is 1. The van der Waals surface area contributed by atoms with Gasteiger partial charge in [0.05, 0.1) is 18.8 Å². The number of rotatable bonds is 0. The monoisotopic (exact) mass is 162 g/mol. The summed E-state index contributed by atoms with van der Waals surface area (Å²) in [7, 11) is 0. The average Bonchev–Trinajstić information content (AvgIpc) is 2.60. The van der Waals surface area contributed by atoms with Crippen molar-refractivity contribution in [3.8, 4) is 0 Å². The maximum Gasteiger partial charge on any atom is 0.322 e. The SMILES string of the molecule is O=C1NC2CN1C=C1N=NC=C12. The summed E-state index contributed by atoms with van der Waals surface area (Å²) in [5, 5.41) is 10.5. The number of carbonyl (C=O) groups is 1. The summed E-state index contributed by atoms with van der Waals surface area (Å²) >= 11 is 0. The van der Waals surface area contributed by atoms with Crippen molar-refractivity contribution < 1.29 is 4.79 Å². The van der Waals surface area contributed by atoms with Gasteiger partial charge in [-0.1, -0.05) is 0 Å². The van der Waals surface area contributed by atoms with Crippen molar-refractivity contribution >= 4 is 6.03 Å². The van der Waals surface area contributed by atoms with Crippen LogP contribution < -0.4 is 5.32 Å². The smallest absolute Gasteiger partial charge is 0.322 e. The minimum atomic E-state index is -0.0435. The molecule has 2 bridgehead atoms. The second-order valence-electron chi connectivity index (χ2n) is 2.97. The van der Waals surface area contributed by atoms with Crippen molar-refractivity contribution in [1.29, 1.82) is 0 Å². The minimum absolute atomic E-state index is 0.0435. The first-order chi connectivity index (χ1) is 5.84. The van der Waals surface area contributed by atoms with E-state index < -0.39 is 0 Å². The van der Waals surface area contributed by atoms with Crippen molar-refractivity contribution in [1.82, 2.24) is 10.2 Å². The van der Waals surface area contributed by atoms with E-state index in [9.17, 15) is 4.79 Å². The summed E-state index contributed by atoms with van der Waals surface area (Å²) in [6.45, 7) is 0.708. The molecule has 0 saturated carbocycles. The molecule has 12 heavy (non-hydrogen) atoms. The molecule has 5 nitrogen and oxygen atoms in total. The summed E-state index contributed by atoms with van der Waals surface area (Å²) in [4.78, 5) is 12.8. The highest BCUT2D eigenvalue weighted by molar-refractivity contribution is 5.80. The highest BCUT2D eigenvalue weighted by atomic mass is 16.2. The molecule has 0 aromatic rings. The van der Waals surface area contributed by atoms with Gasteiger partial charge in [-0.25, -0.2) is 4.79 Å². The fourth-order valence-corrected chi connectivity index (χ4v) is 1.64. The maximum atomic E-state index is 11.2. The first-order valence-electron chi connectivity index (χ1n) is 3.75. The Bertz CT molecular complexity index is 354. The Morgan fingerprint density at radius 1 is 1.67 bits per heavy atom. The first-order valence-corrected chi connectivity index (χ1v) is 3.75. The Balaban J connectivity index is 2.14. The Labute approximate surface area is 68.5 Å². The van der Waals surface area contributed by atoms with E-state index in [1.165, 1.54) is 0 Å². The summed E-state index contributed by atoms with van der Waals surface area (Å²) in [6, 6.07) is 0.0468. The van der Waals surface area contributed by atoms with Crippen molar-refractivity contribution in [2.75, 3.05) is 6.54 Å². The van der Waals surface area contributed by atoms with Gasteiger partial charge in [0, 0.05) is 11.8 Å². The molecule has 1 atom stereocenters. The summed E-state index contributed by atoms with van der Waals surface area (Å²) in [5.41, 5.74) is 1.83. The zero-order chi connectivity index (χ0) is 8.13. The van der Waals surface area contributed by atoms with Crippen LogP contribution in [0.1, 0.15) is 0 Å². The molecule has 60 valence electrons. The molecule has 1 N–H and O–H groups in total. The molecule has 1 fully saturated rings. The molecule has 0 aliphatic carbocycles. The van der Waals surface area contributed by atoms with Crippen LogP contribution in [0.25, 0.3) is 0 Å². The zero-order valence-corrected chi connectivity index (χ0v) is 6.19. The van der Waals surface area contributed by atoms with Crippen LogP contribution in [-0.2, 0) is 0 Å². The van der Waals surface area contributed by atoms with Gasteiger partial charge in [0.2, 0.25) is 0 Å². The Kier molecular flexibility index (Phi) is 0.861. The second kappa shape index (κ2) is 1.74. The molecule has 0 radical (unpaired) electrons. The lowest BCUT2D eigenvalue weighted by Gasteiger charge is -2.16. The highest BCUT2D eigenvalue weighted by Crippen LogP contribution is 2.30. The number of hydrogen-bond donors (Lipinski definition) is 1. The van der Waals surface area contributed by atoms with Crippen LogP contribution in [0.3, 0.4) is 0 Å². The predicted octanol–water partition coefficient (Wildman–Crippen LogP) is 0.585. The van der Waals surface area contributed by atoms with E-state index in [0.29, 0.717) is 6.54 Å². The van der Waals surface area contributed by atoms with E-state index in [2.05, 4.69) is 15.5 Å². The molecular formula is C7H6N4O. The first kappa shape index (κ1) is 5.93. The largest absolute Gasteiger partial charge is 0.329 e. The molecule has 0 aromatic heterocycles. The molecule has 1 unspecified atom stereocenters. The number of hydrogen-bond acceptors (Lipinski definition) is 3. The van der Waals surface area contributed by atoms with E-state index in [0.717, 1.165) is 11.3 Å². The van der Waals surface area contributed by atoms with E-state index in [-0.39, 0.29) is 12.1 Å². The fourth-order valence-electron chi connectivity index (χ4n) is 1.64. The molecule has 2 amide bonds. The molecule has 5 heteroatoms. The quantitative estimate of drug-likeness (QED) is 0.556. The minimum Gasteiger partial charge on any atom is -0.329 e. The molecular weight excluding hydrogens is 156 g/mol. The van der Waals surface area contributed by atoms with E-state index in [1.54, 1.807) is 17.3 Å². The van der Waals surface area contributed by atoms with Crippen LogP contribution in [-0.4, -0.2) is 23.5 Å². The van der Waals surface area contributed by atoms with Gasteiger partial charge < -0.3 is 5.32 Å². The third-order valence-electron chi connectivity index (χ3n) is 2.25. The molecule has 3 aliphatic heterocycles. The van der Waals surface area contributed by atoms with Gasteiger partial charge in [0.15, 0.2) is 0 Å². The van der Waals surface area contributed by atoms with Gasteiger partial charge in [0.25, 0.3) is 0 Å². The number of nitrogens with zero attached hydrogens (tertiary/aromatic N) is 3. The molecule has 3 heterocycles. The van der Waals surface area contributed by atoms with Gasteiger partial charge in [-0.2, -0.15) is 5.11 Å². The normalized spacial score (nSPS) is 29.8. The molecule has 0 aromatic carbocycles. The van der Waals surface area contributed by atoms with Crippen LogP contribution >= 0.6 is 0 Å². The number of amides is 2. The Morgan fingerprint density at radius 3 is 3.50 bits per heavy atom. The third-order valence-corrected chi connectivity index (χ3v) is 2.25. The lowest BCUT2D eigenvalue weighted by atomic mass is 10.0. The lowest BCUT2D eigenvalue weighted by molar-refractivity contribution is 0.230. The standard InChI is InChI=1S/C7H6N4O/c12-7-9-5-2-11(7)3-6-4(5)1-8-10-6/h1,3,5H,2H2,(H,9,12). The maximum absolute atomic E-state index is 11.2. The molecule has 1 saturated heterocycles. The van der Waals surface area contributed by atoms with E-state index in [4.69, 9.17) is 0 Å². The van der Waals surface area contributed by atoms with Crippen LogP contribution in [0.15, 0.2) is 33.9 Å². The summed E-state index contributed by atoms with van der Waals surface area (Å²) in [5.74, 6) is 0. The van der Waals surface area contributed by atoms with Crippen LogP contribution in [0.5, 0.6) is 0 Å². The number of nitrogens with one attached hydrogen (secondary N) is 1. The van der Waals surface area contributed by atoms with Gasteiger partial charge >= 0.3 is 6.03 Å². The Hall–Kier alpha value is -1.65. The zero-order valence-electron chi connectivity index (χ0n) is 6.19. The van der Waals surface area contributed by atoms with Gasteiger partial charge in [-0.3, -0.25) is 4.90 Å². The van der Waals surface area contributed by atoms with Crippen molar-refractivity contribution in [3.05, 3.63) is 23.7 Å². The number of urea groups is 1. The van der Waals surface area contributed by atoms with E-state index >= 15 is 0 Å². The molecule has 0 spiro atoms.